The van der Waals surface area contributed by atoms with Gasteiger partial charge in [-0.25, -0.2) is 4.79 Å². The van der Waals surface area contributed by atoms with E-state index in [-0.39, 0.29) is 36.0 Å². The van der Waals surface area contributed by atoms with Gasteiger partial charge in [-0.05, 0) is 62.2 Å². The number of rotatable bonds is 5. The average Bonchev–Trinajstić information content (AvgIpc) is 2.41. The van der Waals surface area contributed by atoms with Crippen molar-refractivity contribution in [1.29, 1.82) is 0 Å². The van der Waals surface area contributed by atoms with Crippen molar-refractivity contribution >= 4 is 11.9 Å². The zero-order chi connectivity index (χ0) is 15.9. The smallest absolute Gasteiger partial charge is 0.344 e. The third kappa shape index (κ3) is 3.16. The van der Waals surface area contributed by atoms with Crippen molar-refractivity contribution in [3.63, 3.8) is 0 Å². The number of carbonyl (C=O) groups excluding carboxylic acids is 2. The lowest BCUT2D eigenvalue weighted by Crippen LogP contribution is -2.53. The monoisotopic (exact) mass is 308 g/mol. The highest BCUT2D eigenvalue weighted by Crippen LogP contribution is 2.57. The summed E-state index contributed by atoms with van der Waals surface area (Å²) < 4.78 is 11.0. The molecule has 0 radical (unpaired) electrons. The molecule has 0 amide bonds. The van der Waals surface area contributed by atoms with Crippen LogP contribution in [-0.4, -0.2) is 24.1 Å². The van der Waals surface area contributed by atoms with Crippen LogP contribution in [0.5, 0.6) is 0 Å². The molecule has 124 valence electrons. The first-order chi connectivity index (χ1) is 10.4. The number of hydrogen-bond donors (Lipinski definition) is 0. The molecule has 4 saturated carbocycles. The third-order valence-electron chi connectivity index (χ3n) is 6.02. The van der Waals surface area contributed by atoms with E-state index < -0.39 is 0 Å². The minimum atomic E-state index is -0.369. The Morgan fingerprint density at radius 1 is 1.00 bits per heavy atom. The van der Waals surface area contributed by atoms with Gasteiger partial charge >= 0.3 is 11.9 Å². The van der Waals surface area contributed by atoms with E-state index in [4.69, 9.17) is 9.47 Å². The van der Waals surface area contributed by atoms with Crippen LogP contribution < -0.4 is 0 Å². The summed E-state index contributed by atoms with van der Waals surface area (Å²) in [5.74, 6) is 1.57. The van der Waals surface area contributed by atoms with Gasteiger partial charge in [0.25, 0.3) is 0 Å². The largest absolute Gasteiger partial charge is 0.457 e. The molecular formula is C18H28O4. The summed E-state index contributed by atoms with van der Waals surface area (Å²) in [5.41, 5.74) is -0.248. The van der Waals surface area contributed by atoms with Gasteiger partial charge in [-0.2, -0.15) is 0 Å². The van der Waals surface area contributed by atoms with Gasteiger partial charge < -0.3 is 9.47 Å². The molecule has 4 rings (SSSR count). The molecule has 4 bridgehead atoms. The number of esters is 2. The summed E-state index contributed by atoms with van der Waals surface area (Å²) in [4.78, 5) is 23.9. The molecule has 0 heterocycles. The Hall–Kier alpha value is -1.06. The molecule has 4 fully saturated rings. The van der Waals surface area contributed by atoms with Crippen molar-refractivity contribution in [2.24, 2.45) is 29.6 Å². The van der Waals surface area contributed by atoms with Gasteiger partial charge in [-0.3, -0.25) is 4.79 Å². The summed E-state index contributed by atoms with van der Waals surface area (Å²) in [6.45, 7) is 5.54. The maximum Gasteiger partial charge on any atom is 0.344 e. The molecule has 4 aliphatic carbocycles. The first-order valence-corrected chi connectivity index (χ1v) is 8.75. The summed E-state index contributed by atoms with van der Waals surface area (Å²) in [7, 11) is 0. The lowest BCUT2D eigenvalue weighted by Gasteiger charge is -2.55. The minimum Gasteiger partial charge on any atom is -0.457 e. The van der Waals surface area contributed by atoms with Gasteiger partial charge in [-0.15, -0.1) is 0 Å². The second-order valence-corrected chi connectivity index (χ2v) is 8.22. The van der Waals surface area contributed by atoms with Crippen molar-refractivity contribution in [3.05, 3.63) is 0 Å². The normalized spacial score (nSPS) is 37.2. The first kappa shape index (κ1) is 15.8. The molecule has 0 aromatic carbocycles. The zero-order valence-electron chi connectivity index (χ0n) is 14.0. The molecule has 0 aromatic heterocycles. The molecule has 1 atom stereocenters. The molecule has 0 aromatic rings. The van der Waals surface area contributed by atoms with E-state index in [1.807, 2.05) is 20.8 Å². The molecule has 0 spiro atoms. The second kappa shape index (κ2) is 5.86. The van der Waals surface area contributed by atoms with Crippen LogP contribution in [0, 0.1) is 29.6 Å². The fraction of sp³-hybridized carbons (Fsp3) is 0.889. The lowest BCUT2D eigenvalue weighted by atomic mass is 9.54. The van der Waals surface area contributed by atoms with Crippen LogP contribution in [0.4, 0.5) is 0 Å². The highest BCUT2D eigenvalue weighted by Gasteiger charge is 2.53. The third-order valence-corrected chi connectivity index (χ3v) is 6.02. The molecule has 0 N–H and O–H groups in total. The molecular weight excluding hydrogens is 280 g/mol. The van der Waals surface area contributed by atoms with Crippen LogP contribution >= 0.6 is 0 Å². The minimum absolute atomic E-state index is 0.188. The van der Waals surface area contributed by atoms with Gasteiger partial charge in [0.05, 0.1) is 5.92 Å². The van der Waals surface area contributed by atoms with E-state index >= 15 is 0 Å². The van der Waals surface area contributed by atoms with E-state index in [1.165, 1.54) is 19.3 Å². The van der Waals surface area contributed by atoms with Crippen molar-refractivity contribution < 1.29 is 19.1 Å². The number of hydrogen-bond acceptors (Lipinski definition) is 4. The second-order valence-electron chi connectivity index (χ2n) is 8.22. The van der Waals surface area contributed by atoms with Crippen LogP contribution in [-0.2, 0) is 19.1 Å². The van der Waals surface area contributed by atoms with E-state index in [0.717, 1.165) is 37.0 Å². The molecule has 22 heavy (non-hydrogen) atoms. The topological polar surface area (TPSA) is 52.6 Å². The van der Waals surface area contributed by atoms with Crippen LogP contribution in [0.25, 0.3) is 0 Å². The van der Waals surface area contributed by atoms with Crippen molar-refractivity contribution in [2.75, 3.05) is 6.61 Å². The first-order valence-electron chi connectivity index (χ1n) is 8.75. The fourth-order valence-electron chi connectivity index (χ4n) is 4.96. The molecule has 0 aliphatic heterocycles. The predicted octanol–water partition coefficient (Wildman–Crippen LogP) is 3.33. The SMILES string of the molecule is CC(C)C(C)C(=O)OCC(=O)OC12CC3CC(CC(C3)C1)C2. The number of ether oxygens (including phenoxy) is 2. The Bertz CT molecular complexity index is 419. The van der Waals surface area contributed by atoms with Crippen LogP contribution in [0.3, 0.4) is 0 Å². The lowest BCUT2D eigenvalue weighted by molar-refractivity contribution is -0.193. The zero-order valence-corrected chi connectivity index (χ0v) is 14.0. The Balaban J connectivity index is 1.51. The Labute approximate surface area is 132 Å². The average molecular weight is 308 g/mol. The Morgan fingerprint density at radius 3 is 1.95 bits per heavy atom. The summed E-state index contributed by atoms with van der Waals surface area (Å²) >= 11 is 0. The van der Waals surface area contributed by atoms with E-state index in [2.05, 4.69) is 0 Å². The summed E-state index contributed by atoms with van der Waals surface area (Å²) in [6.07, 6.45) is 7.00. The molecule has 1 unspecified atom stereocenters. The number of carbonyl (C=O) groups is 2. The van der Waals surface area contributed by atoms with Crippen LogP contribution in [0.1, 0.15) is 59.3 Å². The Morgan fingerprint density at radius 2 is 1.50 bits per heavy atom. The van der Waals surface area contributed by atoms with Crippen molar-refractivity contribution in [3.8, 4) is 0 Å². The summed E-state index contributed by atoms with van der Waals surface area (Å²) in [5, 5.41) is 0. The highest BCUT2D eigenvalue weighted by atomic mass is 16.6. The molecule has 4 nitrogen and oxygen atoms in total. The molecule has 4 aliphatic rings. The molecule has 0 saturated heterocycles. The van der Waals surface area contributed by atoms with Crippen LogP contribution in [0.2, 0.25) is 0 Å². The quantitative estimate of drug-likeness (QED) is 0.731. The maximum absolute atomic E-state index is 12.1. The van der Waals surface area contributed by atoms with Gasteiger partial charge in [0.15, 0.2) is 6.61 Å². The van der Waals surface area contributed by atoms with Gasteiger partial charge in [0.2, 0.25) is 0 Å². The van der Waals surface area contributed by atoms with Crippen molar-refractivity contribution in [2.45, 2.75) is 64.9 Å². The standard InChI is InChI=1S/C18H28O4/c1-11(2)12(3)17(20)21-10-16(19)22-18-7-13-4-14(8-18)6-15(5-13)9-18/h11-15H,4-10H2,1-3H3. The van der Waals surface area contributed by atoms with Gasteiger partial charge in [0, 0.05) is 0 Å². The van der Waals surface area contributed by atoms with E-state index in [0.29, 0.717) is 0 Å². The van der Waals surface area contributed by atoms with Crippen molar-refractivity contribution in [1.82, 2.24) is 0 Å². The molecule has 4 heteroatoms. The van der Waals surface area contributed by atoms with Crippen LogP contribution in [0.15, 0.2) is 0 Å². The van der Waals surface area contributed by atoms with E-state index in [1.54, 1.807) is 0 Å². The maximum atomic E-state index is 12.1. The fourth-order valence-corrected chi connectivity index (χ4v) is 4.96. The Kier molecular flexibility index (Phi) is 4.21. The van der Waals surface area contributed by atoms with Gasteiger partial charge in [0.1, 0.15) is 5.60 Å². The summed E-state index contributed by atoms with van der Waals surface area (Å²) in [6, 6.07) is 0. The van der Waals surface area contributed by atoms with E-state index in [9.17, 15) is 9.59 Å². The highest BCUT2D eigenvalue weighted by molar-refractivity contribution is 5.78. The predicted molar refractivity (Wildman–Crippen MR) is 82.0 cm³/mol. The van der Waals surface area contributed by atoms with Gasteiger partial charge in [-0.1, -0.05) is 20.8 Å².